The van der Waals surface area contributed by atoms with Gasteiger partial charge in [-0.05, 0) is 27.7 Å². The molecule has 0 saturated heterocycles. The molecule has 0 aromatic heterocycles. The third-order valence-corrected chi connectivity index (χ3v) is 1.54. The Morgan fingerprint density at radius 1 is 1.25 bits per heavy atom. The average Bonchev–Trinajstić information content (AvgIpc) is 2.11. The maximum Gasteiger partial charge on any atom is 0.509 e. The normalized spacial score (nSPS) is 12.8. The fourth-order valence-corrected chi connectivity index (χ4v) is 0.839. The number of carbonyl (C=O) groups excluding carboxylic acids is 2. The molecular formula is C10H17ClO5. The zero-order valence-corrected chi connectivity index (χ0v) is 10.7. The van der Waals surface area contributed by atoms with E-state index in [1.807, 2.05) is 0 Å². The highest BCUT2D eigenvalue weighted by molar-refractivity contribution is 6.17. The Morgan fingerprint density at radius 3 is 2.25 bits per heavy atom. The molecule has 0 amide bonds. The molecule has 1 atom stereocenters. The monoisotopic (exact) mass is 252 g/mol. The predicted octanol–water partition coefficient (Wildman–Crippen LogP) is 2.31. The first kappa shape index (κ1) is 15.0. The predicted molar refractivity (Wildman–Crippen MR) is 58.2 cm³/mol. The van der Waals surface area contributed by atoms with E-state index >= 15 is 0 Å². The van der Waals surface area contributed by atoms with Gasteiger partial charge in [0.05, 0.1) is 5.92 Å². The zero-order chi connectivity index (χ0) is 12.8. The van der Waals surface area contributed by atoms with Gasteiger partial charge in [0.1, 0.15) is 12.2 Å². The van der Waals surface area contributed by atoms with Gasteiger partial charge in [0, 0.05) is 0 Å². The van der Waals surface area contributed by atoms with E-state index in [-0.39, 0.29) is 12.7 Å². The van der Waals surface area contributed by atoms with Crippen molar-refractivity contribution < 1.29 is 23.8 Å². The standard InChI is InChI=1S/C10H17ClO5/c1-7(5-14-9(13)15-6-11)8(12)16-10(2,3)4/h7H,5-6H2,1-4H3. The van der Waals surface area contributed by atoms with E-state index < -0.39 is 23.6 Å². The Balaban J connectivity index is 3.93. The van der Waals surface area contributed by atoms with Crippen LogP contribution < -0.4 is 0 Å². The molecule has 0 aliphatic heterocycles. The van der Waals surface area contributed by atoms with Gasteiger partial charge >= 0.3 is 12.1 Å². The molecule has 16 heavy (non-hydrogen) atoms. The molecule has 0 heterocycles. The molecule has 0 aromatic carbocycles. The van der Waals surface area contributed by atoms with Crippen molar-refractivity contribution in [3.63, 3.8) is 0 Å². The van der Waals surface area contributed by atoms with Gasteiger partial charge < -0.3 is 14.2 Å². The van der Waals surface area contributed by atoms with Crippen molar-refractivity contribution in [2.24, 2.45) is 5.92 Å². The maximum atomic E-state index is 11.4. The molecule has 0 fully saturated rings. The van der Waals surface area contributed by atoms with E-state index in [0.29, 0.717) is 0 Å². The van der Waals surface area contributed by atoms with Crippen LogP contribution >= 0.6 is 11.6 Å². The van der Waals surface area contributed by atoms with Crippen LogP contribution in [0.15, 0.2) is 0 Å². The summed E-state index contributed by atoms with van der Waals surface area (Å²) in [6, 6.07) is -0.278. The molecule has 1 unspecified atom stereocenters. The van der Waals surface area contributed by atoms with Gasteiger partial charge in [0.25, 0.3) is 0 Å². The SMILES string of the molecule is CC(COC(=O)OCCl)C(=O)OC(C)(C)C. The third kappa shape index (κ3) is 7.34. The molecule has 0 aromatic rings. The van der Waals surface area contributed by atoms with Crippen molar-refractivity contribution in [3.05, 3.63) is 0 Å². The van der Waals surface area contributed by atoms with Crippen LogP contribution in [0.3, 0.4) is 0 Å². The number of halogens is 1. The summed E-state index contributed by atoms with van der Waals surface area (Å²) in [5, 5.41) is 0. The lowest BCUT2D eigenvalue weighted by Crippen LogP contribution is -2.30. The first-order valence-corrected chi connectivity index (χ1v) is 5.38. The molecule has 0 aliphatic rings. The zero-order valence-electron chi connectivity index (χ0n) is 9.91. The lowest BCUT2D eigenvalue weighted by Gasteiger charge is -2.21. The van der Waals surface area contributed by atoms with Crippen molar-refractivity contribution >= 4 is 23.7 Å². The maximum absolute atomic E-state index is 11.4. The minimum absolute atomic E-state index is 0.0926. The third-order valence-electron chi connectivity index (χ3n) is 1.43. The van der Waals surface area contributed by atoms with E-state index in [9.17, 15) is 9.59 Å². The van der Waals surface area contributed by atoms with Crippen LogP contribution in [0.5, 0.6) is 0 Å². The second kappa shape index (κ2) is 6.58. The molecule has 0 bridgehead atoms. The molecule has 0 aliphatic carbocycles. The van der Waals surface area contributed by atoms with E-state index in [1.165, 1.54) is 0 Å². The van der Waals surface area contributed by atoms with Gasteiger partial charge in [-0.2, -0.15) is 0 Å². The van der Waals surface area contributed by atoms with E-state index in [2.05, 4.69) is 9.47 Å². The fraction of sp³-hybridized carbons (Fsp3) is 0.800. The highest BCUT2D eigenvalue weighted by Gasteiger charge is 2.22. The minimum atomic E-state index is -0.898. The molecule has 0 rings (SSSR count). The molecule has 0 spiro atoms. The summed E-state index contributed by atoms with van der Waals surface area (Å²) in [6.07, 6.45) is -0.898. The van der Waals surface area contributed by atoms with Crippen LogP contribution in [-0.4, -0.2) is 30.4 Å². The van der Waals surface area contributed by atoms with Gasteiger partial charge in [-0.15, -0.1) is 0 Å². The van der Waals surface area contributed by atoms with Gasteiger partial charge in [-0.3, -0.25) is 4.79 Å². The first-order chi connectivity index (χ1) is 7.26. The smallest absolute Gasteiger partial charge is 0.460 e. The number of esters is 1. The average molecular weight is 253 g/mol. The minimum Gasteiger partial charge on any atom is -0.460 e. The number of hydrogen-bond donors (Lipinski definition) is 0. The van der Waals surface area contributed by atoms with E-state index in [0.717, 1.165) is 0 Å². The lowest BCUT2D eigenvalue weighted by atomic mass is 10.1. The lowest BCUT2D eigenvalue weighted by molar-refractivity contribution is -0.160. The quantitative estimate of drug-likeness (QED) is 0.568. The second-order valence-electron chi connectivity index (χ2n) is 4.25. The number of carbonyl (C=O) groups is 2. The summed E-state index contributed by atoms with van der Waals surface area (Å²) < 4.78 is 14.1. The summed E-state index contributed by atoms with van der Waals surface area (Å²) in [7, 11) is 0. The highest BCUT2D eigenvalue weighted by Crippen LogP contribution is 2.11. The summed E-state index contributed by atoms with van der Waals surface area (Å²) >= 11 is 5.15. The van der Waals surface area contributed by atoms with Gasteiger partial charge in [0.2, 0.25) is 0 Å². The largest absolute Gasteiger partial charge is 0.509 e. The van der Waals surface area contributed by atoms with Gasteiger partial charge in [0.15, 0.2) is 6.07 Å². The number of rotatable bonds is 4. The topological polar surface area (TPSA) is 61.8 Å². The van der Waals surface area contributed by atoms with Crippen molar-refractivity contribution in [3.8, 4) is 0 Å². The van der Waals surface area contributed by atoms with Gasteiger partial charge in [-0.1, -0.05) is 11.6 Å². The summed E-state index contributed by atoms with van der Waals surface area (Å²) in [5.41, 5.74) is -0.554. The molecule has 0 saturated carbocycles. The Morgan fingerprint density at radius 2 is 1.81 bits per heavy atom. The van der Waals surface area contributed by atoms with Crippen LogP contribution in [0.1, 0.15) is 27.7 Å². The van der Waals surface area contributed by atoms with Gasteiger partial charge in [-0.25, -0.2) is 4.79 Å². The molecular weight excluding hydrogens is 236 g/mol. The summed E-state index contributed by atoms with van der Waals surface area (Å²) in [6.45, 7) is 6.80. The fourth-order valence-electron chi connectivity index (χ4n) is 0.750. The van der Waals surface area contributed by atoms with Crippen molar-refractivity contribution in [1.29, 1.82) is 0 Å². The Kier molecular flexibility index (Phi) is 6.18. The van der Waals surface area contributed by atoms with E-state index in [1.54, 1.807) is 27.7 Å². The van der Waals surface area contributed by atoms with Crippen LogP contribution in [0, 0.1) is 5.92 Å². The molecule has 0 N–H and O–H groups in total. The Labute approximate surface area is 100.0 Å². The summed E-state index contributed by atoms with van der Waals surface area (Å²) in [4.78, 5) is 22.2. The summed E-state index contributed by atoms with van der Waals surface area (Å²) in [5.74, 6) is -0.965. The van der Waals surface area contributed by atoms with Crippen molar-refractivity contribution in [1.82, 2.24) is 0 Å². The Bertz CT molecular complexity index is 246. The number of hydrogen-bond acceptors (Lipinski definition) is 5. The van der Waals surface area contributed by atoms with Crippen molar-refractivity contribution in [2.45, 2.75) is 33.3 Å². The number of alkyl halides is 1. The Hall–Kier alpha value is -0.970. The number of ether oxygens (including phenoxy) is 3. The highest BCUT2D eigenvalue weighted by atomic mass is 35.5. The van der Waals surface area contributed by atoms with Crippen LogP contribution in [0.2, 0.25) is 0 Å². The molecule has 94 valence electrons. The van der Waals surface area contributed by atoms with Crippen molar-refractivity contribution in [2.75, 3.05) is 12.7 Å². The van der Waals surface area contributed by atoms with Crippen LogP contribution in [0.25, 0.3) is 0 Å². The van der Waals surface area contributed by atoms with E-state index in [4.69, 9.17) is 16.3 Å². The molecule has 0 radical (unpaired) electrons. The molecule has 6 heteroatoms. The first-order valence-electron chi connectivity index (χ1n) is 4.84. The van der Waals surface area contributed by atoms with Crippen LogP contribution in [0.4, 0.5) is 4.79 Å². The molecule has 5 nitrogen and oxygen atoms in total. The second-order valence-corrected chi connectivity index (χ2v) is 4.47. The van der Waals surface area contributed by atoms with Crippen LogP contribution in [-0.2, 0) is 19.0 Å².